The van der Waals surface area contributed by atoms with Crippen LogP contribution in [0.3, 0.4) is 0 Å². The summed E-state index contributed by atoms with van der Waals surface area (Å²) >= 11 is 0. The van der Waals surface area contributed by atoms with Gasteiger partial charge in [0.15, 0.2) is 0 Å². The summed E-state index contributed by atoms with van der Waals surface area (Å²) < 4.78 is 0. The van der Waals surface area contributed by atoms with E-state index in [1.807, 2.05) is 12.1 Å². The molecule has 1 aliphatic heterocycles. The number of nitrogens with one attached hydrogen (secondary N) is 2. The van der Waals surface area contributed by atoms with Gasteiger partial charge in [-0.25, -0.2) is 9.97 Å². The molecule has 2 N–H and O–H groups in total. The highest BCUT2D eigenvalue weighted by molar-refractivity contribution is 5.49. The lowest BCUT2D eigenvalue weighted by Crippen LogP contribution is -2.57. The average Bonchev–Trinajstić information content (AvgIpc) is 2.35. The topological polar surface area (TPSA) is 53.1 Å². The van der Waals surface area contributed by atoms with Gasteiger partial charge in [-0.3, -0.25) is 0 Å². The summed E-state index contributed by atoms with van der Waals surface area (Å²) in [6, 6.07) is 1.99. The van der Waals surface area contributed by atoms with Gasteiger partial charge in [-0.05, 0) is 13.8 Å². The minimum Gasteiger partial charge on any atom is -0.366 e. The normalized spacial score (nSPS) is 18.4. The first-order chi connectivity index (χ1) is 8.61. The van der Waals surface area contributed by atoms with Crippen molar-refractivity contribution in [1.82, 2.24) is 15.3 Å². The quantitative estimate of drug-likeness (QED) is 0.785. The van der Waals surface area contributed by atoms with Crippen molar-refractivity contribution in [2.45, 2.75) is 19.4 Å². The fourth-order valence-corrected chi connectivity index (χ4v) is 2.13. The maximum absolute atomic E-state index is 4.36. The molecule has 0 radical (unpaired) electrons. The van der Waals surface area contributed by atoms with Gasteiger partial charge in [0.05, 0.1) is 0 Å². The van der Waals surface area contributed by atoms with Crippen molar-refractivity contribution < 1.29 is 0 Å². The first kappa shape index (κ1) is 12.8. The van der Waals surface area contributed by atoms with E-state index in [0.717, 1.165) is 31.3 Å². The number of hydrogen-bond acceptors (Lipinski definition) is 5. The first-order valence-corrected chi connectivity index (χ1v) is 6.27. The SMILES string of the molecule is C=CCNc1cc(N2CCNC(C)(C)C2)ncn1. The number of anilines is 2. The van der Waals surface area contributed by atoms with Gasteiger partial charge < -0.3 is 15.5 Å². The number of nitrogens with zero attached hydrogens (tertiary/aromatic N) is 3. The van der Waals surface area contributed by atoms with Crippen molar-refractivity contribution in [3.8, 4) is 0 Å². The zero-order chi connectivity index (χ0) is 13.0. The van der Waals surface area contributed by atoms with Crippen LogP contribution < -0.4 is 15.5 Å². The third kappa shape index (κ3) is 3.20. The van der Waals surface area contributed by atoms with Gasteiger partial charge in [-0.1, -0.05) is 6.08 Å². The van der Waals surface area contributed by atoms with Gasteiger partial charge >= 0.3 is 0 Å². The Hall–Kier alpha value is -1.62. The standard InChI is InChI=1S/C13H21N5/c1-4-5-14-11-8-12(16-10-15-11)18-7-6-17-13(2,3)9-18/h4,8,10,17H,1,5-7,9H2,2-3H3,(H,14,15,16). The third-order valence-electron chi connectivity index (χ3n) is 2.98. The van der Waals surface area contributed by atoms with Crippen molar-refractivity contribution in [2.75, 3.05) is 36.4 Å². The molecule has 1 saturated heterocycles. The van der Waals surface area contributed by atoms with E-state index in [4.69, 9.17) is 0 Å². The Morgan fingerprint density at radius 3 is 3.11 bits per heavy atom. The van der Waals surface area contributed by atoms with Crippen LogP contribution in [0.5, 0.6) is 0 Å². The smallest absolute Gasteiger partial charge is 0.134 e. The molecule has 0 saturated carbocycles. The zero-order valence-corrected chi connectivity index (χ0v) is 11.1. The predicted octanol–water partition coefficient (Wildman–Crippen LogP) is 1.26. The molecule has 1 aliphatic rings. The molecule has 0 atom stereocenters. The molecule has 5 nitrogen and oxygen atoms in total. The van der Waals surface area contributed by atoms with Crippen molar-refractivity contribution in [3.63, 3.8) is 0 Å². The highest BCUT2D eigenvalue weighted by Gasteiger charge is 2.26. The van der Waals surface area contributed by atoms with Gasteiger partial charge in [0.2, 0.25) is 0 Å². The Bertz CT molecular complexity index is 416. The number of rotatable bonds is 4. The summed E-state index contributed by atoms with van der Waals surface area (Å²) in [5, 5.41) is 6.68. The lowest BCUT2D eigenvalue weighted by atomic mass is 10.0. The Labute approximate surface area is 108 Å². The highest BCUT2D eigenvalue weighted by Crippen LogP contribution is 2.19. The third-order valence-corrected chi connectivity index (χ3v) is 2.98. The Balaban J connectivity index is 2.10. The maximum Gasteiger partial charge on any atom is 0.134 e. The lowest BCUT2D eigenvalue weighted by Gasteiger charge is -2.39. The number of piperazine rings is 1. The second-order valence-corrected chi connectivity index (χ2v) is 5.16. The van der Waals surface area contributed by atoms with Gasteiger partial charge in [0.1, 0.15) is 18.0 Å². The molecule has 0 unspecified atom stereocenters. The molecule has 98 valence electrons. The molecule has 0 spiro atoms. The lowest BCUT2D eigenvalue weighted by molar-refractivity contribution is 0.351. The monoisotopic (exact) mass is 247 g/mol. The zero-order valence-electron chi connectivity index (χ0n) is 11.1. The van der Waals surface area contributed by atoms with E-state index in [2.05, 4.69) is 45.9 Å². The van der Waals surface area contributed by atoms with Crippen LogP contribution in [-0.4, -0.2) is 41.7 Å². The second-order valence-electron chi connectivity index (χ2n) is 5.16. The molecular formula is C13H21N5. The van der Waals surface area contributed by atoms with Gasteiger partial charge in [0, 0.05) is 37.8 Å². The van der Waals surface area contributed by atoms with Crippen molar-refractivity contribution in [1.29, 1.82) is 0 Å². The van der Waals surface area contributed by atoms with Gasteiger partial charge in [-0.2, -0.15) is 0 Å². The molecule has 1 aromatic rings. The number of hydrogen-bond donors (Lipinski definition) is 2. The van der Waals surface area contributed by atoms with Crippen LogP contribution >= 0.6 is 0 Å². The van der Waals surface area contributed by atoms with Gasteiger partial charge in [0.25, 0.3) is 0 Å². The predicted molar refractivity (Wildman–Crippen MR) is 75.0 cm³/mol. The Kier molecular flexibility index (Phi) is 3.81. The summed E-state index contributed by atoms with van der Waals surface area (Å²) in [5.74, 6) is 1.82. The summed E-state index contributed by atoms with van der Waals surface area (Å²) in [5.41, 5.74) is 0.123. The first-order valence-electron chi connectivity index (χ1n) is 6.27. The minimum absolute atomic E-state index is 0.123. The van der Waals surface area contributed by atoms with Crippen LogP contribution in [0.2, 0.25) is 0 Å². The van der Waals surface area contributed by atoms with E-state index in [9.17, 15) is 0 Å². The van der Waals surface area contributed by atoms with Crippen LogP contribution in [0.4, 0.5) is 11.6 Å². The molecule has 0 aromatic carbocycles. The van der Waals surface area contributed by atoms with E-state index in [1.54, 1.807) is 6.33 Å². The Morgan fingerprint density at radius 2 is 2.39 bits per heavy atom. The molecule has 0 amide bonds. The van der Waals surface area contributed by atoms with Crippen molar-refractivity contribution >= 4 is 11.6 Å². The fourth-order valence-electron chi connectivity index (χ4n) is 2.13. The molecule has 0 bridgehead atoms. The van der Waals surface area contributed by atoms with E-state index in [0.29, 0.717) is 6.54 Å². The van der Waals surface area contributed by atoms with Crippen LogP contribution in [0, 0.1) is 0 Å². The van der Waals surface area contributed by atoms with E-state index in [1.165, 1.54) is 0 Å². The van der Waals surface area contributed by atoms with Crippen LogP contribution in [-0.2, 0) is 0 Å². The van der Waals surface area contributed by atoms with Crippen molar-refractivity contribution in [3.05, 3.63) is 25.0 Å². The summed E-state index contributed by atoms with van der Waals surface area (Å²) in [6.07, 6.45) is 3.42. The second kappa shape index (κ2) is 5.35. The van der Waals surface area contributed by atoms with Crippen LogP contribution in [0.25, 0.3) is 0 Å². The molecule has 18 heavy (non-hydrogen) atoms. The summed E-state index contributed by atoms with van der Waals surface area (Å²) in [4.78, 5) is 10.8. The van der Waals surface area contributed by atoms with E-state index >= 15 is 0 Å². The van der Waals surface area contributed by atoms with E-state index < -0.39 is 0 Å². The van der Waals surface area contributed by atoms with Crippen LogP contribution in [0.1, 0.15) is 13.8 Å². The molecule has 1 fully saturated rings. The van der Waals surface area contributed by atoms with E-state index in [-0.39, 0.29) is 5.54 Å². The number of aromatic nitrogens is 2. The average molecular weight is 247 g/mol. The Morgan fingerprint density at radius 1 is 1.56 bits per heavy atom. The molecule has 2 heterocycles. The highest BCUT2D eigenvalue weighted by atomic mass is 15.3. The summed E-state index contributed by atoms with van der Waals surface area (Å²) in [6.45, 7) is 11.7. The van der Waals surface area contributed by atoms with Gasteiger partial charge in [-0.15, -0.1) is 6.58 Å². The molecule has 2 rings (SSSR count). The van der Waals surface area contributed by atoms with Crippen LogP contribution in [0.15, 0.2) is 25.0 Å². The molecule has 1 aromatic heterocycles. The fraction of sp³-hybridized carbons (Fsp3) is 0.538. The molecular weight excluding hydrogens is 226 g/mol. The maximum atomic E-state index is 4.36. The summed E-state index contributed by atoms with van der Waals surface area (Å²) in [7, 11) is 0. The van der Waals surface area contributed by atoms with Crippen molar-refractivity contribution in [2.24, 2.45) is 0 Å². The minimum atomic E-state index is 0.123. The largest absolute Gasteiger partial charge is 0.366 e. The molecule has 5 heteroatoms. The molecule has 0 aliphatic carbocycles.